The Kier molecular flexibility index (Phi) is 4.19. The SMILES string of the molecule is NNC(Cc1cc(F)cc(F)c1)c1ccc(F)cc1. The molecule has 0 aliphatic rings. The Labute approximate surface area is 109 Å². The molecule has 19 heavy (non-hydrogen) atoms. The van der Waals surface area contributed by atoms with Crippen molar-refractivity contribution in [1.29, 1.82) is 0 Å². The molecule has 0 saturated heterocycles. The molecule has 0 aliphatic carbocycles. The van der Waals surface area contributed by atoms with Crippen LogP contribution in [0.4, 0.5) is 13.2 Å². The molecular formula is C14H13F3N2. The highest BCUT2D eigenvalue weighted by Crippen LogP contribution is 2.19. The topological polar surface area (TPSA) is 38.0 Å². The van der Waals surface area contributed by atoms with Crippen molar-refractivity contribution in [3.05, 3.63) is 71.0 Å². The van der Waals surface area contributed by atoms with Crippen molar-refractivity contribution in [1.82, 2.24) is 5.43 Å². The van der Waals surface area contributed by atoms with Gasteiger partial charge in [-0.1, -0.05) is 12.1 Å². The minimum Gasteiger partial charge on any atom is -0.271 e. The maximum absolute atomic E-state index is 13.1. The summed E-state index contributed by atoms with van der Waals surface area (Å²) in [6.45, 7) is 0. The van der Waals surface area contributed by atoms with Crippen LogP contribution in [0.3, 0.4) is 0 Å². The van der Waals surface area contributed by atoms with E-state index in [0.717, 1.165) is 11.6 Å². The number of nitrogens with two attached hydrogens (primary N) is 1. The molecule has 2 rings (SSSR count). The normalized spacial score (nSPS) is 12.4. The van der Waals surface area contributed by atoms with E-state index >= 15 is 0 Å². The molecule has 2 aromatic carbocycles. The number of rotatable bonds is 4. The van der Waals surface area contributed by atoms with Crippen molar-refractivity contribution in [2.75, 3.05) is 0 Å². The van der Waals surface area contributed by atoms with Gasteiger partial charge in [0, 0.05) is 12.1 Å². The zero-order valence-corrected chi connectivity index (χ0v) is 10.0. The summed E-state index contributed by atoms with van der Waals surface area (Å²) in [5.74, 6) is 3.82. The van der Waals surface area contributed by atoms with E-state index in [1.807, 2.05) is 0 Å². The van der Waals surface area contributed by atoms with Crippen LogP contribution >= 0.6 is 0 Å². The Bertz CT molecular complexity index is 535. The summed E-state index contributed by atoms with van der Waals surface area (Å²) >= 11 is 0. The molecule has 0 bridgehead atoms. The third-order valence-corrected chi connectivity index (χ3v) is 2.84. The molecule has 0 fully saturated rings. The predicted molar refractivity (Wildman–Crippen MR) is 66.5 cm³/mol. The van der Waals surface area contributed by atoms with Crippen molar-refractivity contribution in [3.63, 3.8) is 0 Å². The van der Waals surface area contributed by atoms with Crippen molar-refractivity contribution in [2.45, 2.75) is 12.5 Å². The molecule has 1 unspecified atom stereocenters. The summed E-state index contributed by atoms with van der Waals surface area (Å²) in [4.78, 5) is 0. The lowest BCUT2D eigenvalue weighted by molar-refractivity contribution is 0.538. The molecule has 0 aliphatic heterocycles. The lowest BCUT2D eigenvalue weighted by Gasteiger charge is -2.16. The van der Waals surface area contributed by atoms with E-state index in [1.54, 1.807) is 12.1 Å². The summed E-state index contributed by atoms with van der Waals surface area (Å²) in [6.07, 6.45) is 0.302. The Hall–Kier alpha value is -1.85. The Morgan fingerprint density at radius 3 is 2.00 bits per heavy atom. The smallest absolute Gasteiger partial charge is 0.126 e. The second-order valence-corrected chi connectivity index (χ2v) is 4.25. The summed E-state index contributed by atoms with van der Waals surface area (Å²) < 4.78 is 39.0. The van der Waals surface area contributed by atoms with Crippen LogP contribution < -0.4 is 11.3 Å². The van der Waals surface area contributed by atoms with Gasteiger partial charge >= 0.3 is 0 Å². The minimum absolute atomic E-state index is 0.302. The van der Waals surface area contributed by atoms with Crippen LogP contribution in [-0.4, -0.2) is 0 Å². The molecule has 0 saturated carbocycles. The maximum Gasteiger partial charge on any atom is 0.126 e. The van der Waals surface area contributed by atoms with Gasteiger partial charge in [0.15, 0.2) is 0 Å². The first-order valence-corrected chi connectivity index (χ1v) is 5.75. The number of hydrogen-bond donors (Lipinski definition) is 2. The predicted octanol–water partition coefficient (Wildman–Crippen LogP) is 2.85. The van der Waals surface area contributed by atoms with E-state index in [9.17, 15) is 13.2 Å². The molecule has 0 radical (unpaired) electrons. The molecule has 1 atom stereocenters. The fourth-order valence-corrected chi connectivity index (χ4v) is 1.93. The lowest BCUT2D eigenvalue weighted by atomic mass is 9.99. The van der Waals surface area contributed by atoms with Crippen LogP contribution in [0, 0.1) is 17.5 Å². The highest BCUT2D eigenvalue weighted by atomic mass is 19.1. The molecule has 0 amide bonds. The zero-order chi connectivity index (χ0) is 13.8. The summed E-state index contributed by atoms with van der Waals surface area (Å²) in [7, 11) is 0. The third-order valence-electron chi connectivity index (χ3n) is 2.84. The van der Waals surface area contributed by atoms with Gasteiger partial charge < -0.3 is 0 Å². The molecule has 5 heteroatoms. The van der Waals surface area contributed by atoms with Crippen LogP contribution in [0.1, 0.15) is 17.2 Å². The van der Waals surface area contributed by atoms with Crippen molar-refractivity contribution in [2.24, 2.45) is 5.84 Å². The second kappa shape index (κ2) is 5.86. The van der Waals surface area contributed by atoms with Crippen molar-refractivity contribution >= 4 is 0 Å². The van der Waals surface area contributed by atoms with Gasteiger partial charge in [-0.2, -0.15) is 0 Å². The second-order valence-electron chi connectivity index (χ2n) is 4.25. The van der Waals surface area contributed by atoms with Gasteiger partial charge in [-0.05, 0) is 41.8 Å². The van der Waals surface area contributed by atoms with Gasteiger partial charge in [0.25, 0.3) is 0 Å². The molecule has 2 aromatic rings. The van der Waals surface area contributed by atoms with E-state index in [4.69, 9.17) is 5.84 Å². The average molecular weight is 266 g/mol. The van der Waals surface area contributed by atoms with E-state index < -0.39 is 11.6 Å². The average Bonchev–Trinajstić information content (AvgIpc) is 2.36. The van der Waals surface area contributed by atoms with Gasteiger partial charge in [0.05, 0.1) is 0 Å². The number of halogens is 3. The Balaban J connectivity index is 2.21. The van der Waals surface area contributed by atoms with Gasteiger partial charge in [-0.25, -0.2) is 13.2 Å². The first kappa shape index (κ1) is 13.6. The number of hydrogen-bond acceptors (Lipinski definition) is 2. The van der Waals surface area contributed by atoms with Crippen molar-refractivity contribution < 1.29 is 13.2 Å². The zero-order valence-electron chi connectivity index (χ0n) is 10.0. The molecular weight excluding hydrogens is 253 g/mol. The van der Waals surface area contributed by atoms with Crippen LogP contribution in [0.15, 0.2) is 42.5 Å². The first-order chi connectivity index (χ1) is 9.08. The quantitative estimate of drug-likeness (QED) is 0.659. The number of benzene rings is 2. The molecule has 0 aromatic heterocycles. The highest BCUT2D eigenvalue weighted by Gasteiger charge is 2.12. The fourth-order valence-electron chi connectivity index (χ4n) is 1.93. The Morgan fingerprint density at radius 2 is 1.47 bits per heavy atom. The largest absolute Gasteiger partial charge is 0.271 e. The van der Waals surface area contributed by atoms with Crippen molar-refractivity contribution in [3.8, 4) is 0 Å². The van der Waals surface area contributed by atoms with Gasteiger partial charge in [0.1, 0.15) is 17.5 Å². The van der Waals surface area contributed by atoms with E-state index in [-0.39, 0.29) is 11.9 Å². The fraction of sp³-hybridized carbons (Fsp3) is 0.143. The number of hydrazine groups is 1. The van der Waals surface area contributed by atoms with Crippen LogP contribution in [0.25, 0.3) is 0 Å². The lowest BCUT2D eigenvalue weighted by Crippen LogP contribution is -2.29. The Morgan fingerprint density at radius 1 is 0.895 bits per heavy atom. The molecule has 0 spiro atoms. The van der Waals surface area contributed by atoms with Gasteiger partial charge in [-0.15, -0.1) is 0 Å². The van der Waals surface area contributed by atoms with Gasteiger partial charge in [-0.3, -0.25) is 11.3 Å². The number of nitrogens with one attached hydrogen (secondary N) is 1. The summed E-state index contributed by atoms with van der Waals surface area (Å²) in [5, 5.41) is 0. The van der Waals surface area contributed by atoms with E-state index in [2.05, 4.69) is 5.43 Å². The highest BCUT2D eigenvalue weighted by molar-refractivity contribution is 5.25. The molecule has 3 N–H and O–H groups in total. The monoisotopic (exact) mass is 266 g/mol. The minimum atomic E-state index is -0.634. The molecule has 100 valence electrons. The standard InChI is InChI=1S/C14H13F3N2/c15-11-3-1-10(2-4-11)14(19-18)7-9-5-12(16)8-13(17)6-9/h1-6,8,14,19H,7,18H2. The van der Waals surface area contributed by atoms with Crippen LogP contribution in [-0.2, 0) is 6.42 Å². The first-order valence-electron chi connectivity index (χ1n) is 5.75. The van der Waals surface area contributed by atoms with E-state index in [0.29, 0.717) is 12.0 Å². The molecule has 2 nitrogen and oxygen atoms in total. The van der Waals surface area contributed by atoms with Crippen LogP contribution in [0.2, 0.25) is 0 Å². The van der Waals surface area contributed by atoms with E-state index in [1.165, 1.54) is 24.3 Å². The molecule has 0 heterocycles. The summed E-state index contributed by atoms with van der Waals surface area (Å²) in [5.41, 5.74) is 3.78. The maximum atomic E-state index is 13.1. The summed E-state index contributed by atoms with van der Waals surface area (Å²) in [6, 6.07) is 8.74. The van der Waals surface area contributed by atoms with Crippen LogP contribution in [0.5, 0.6) is 0 Å². The van der Waals surface area contributed by atoms with Gasteiger partial charge in [0.2, 0.25) is 0 Å². The third kappa shape index (κ3) is 3.56.